The SMILES string of the molecule is CCCCCCCCCC1(CCCCC2(c3ccc(C(F)(F)F)cc3)CCCCC2)CCCCC1. The number of hydrogen-bond donors (Lipinski definition) is 0. The lowest BCUT2D eigenvalue weighted by Crippen LogP contribution is -2.29. The first-order valence-corrected chi connectivity index (χ1v) is 15.1. The van der Waals surface area contributed by atoms with Crippen LogP contribution >= 0.6 is 0 Å². The highest BCUT2D eigenvalue weighted by Crippen LogP contribution is 2.47. The monoisotopic (exact) mass is 492 g/mol. The molecule has 1 aromatic rings. The third-order valence-corrected chi connectivity index (χ3v) is 9.47. The van der Waals surface area contributed by atoms with Gasteiger partial charge in [0.25, 0.3) is 0 Å². The maximum Gasteiger partial charge on any atom is 0.416 e. The molecule has 0 nitrogen and oxygen atoms in total. The molecule has 0 aliphatic heterocycles. The summed E-state index contributed by atoms with van der Waals surface area (Å²) < 4.78 is 39.3. The molecule has 2 aliphatic rings. The van der Waals surface area contributed by atoms with Crippen LogP contribution in [0.3, 0.4) is 0 Å². The predicted octanol–water partition coefficient (Wildman–Crippen LogP) is 11.6. The van der Waals surface area contributed by atoms with Crippen LogP contribution in [0.4, 0.5) is 13.2 Å². The minimum atomic E-state index is -4.25. The second-order valence-electron chi connectivity index (χ2n) is 12.1. The molecule has 2 aliphatic carbocycles. The lowest BCUT2D eigenvalue weighted by Gasteiger charge is -2.40. The molecular formula is C32H51F3. The van der Waals surface area contributed by atoms with Crippen LogP contribution in [0.25, 0.3) is 0 Å². The van der Waals surface area contributed by atoms with E-state index in [1.165, 1.54) is 134 Å². The molecule has 0 amide bonds. The molecule has 0 radical (unpaired) electrons. The van der Waals surface area contributed by atoms with Gasteiger partial charge in [-0.1, -0.05) is 115 Å². The first-order valence-electron chi connectivity index (χ1n) is 15.1. The summed E-state index contributed by atoms with van der Waals surface area (Å²) in [5.74, 6) is 0. The van der Waals surface area contributed by atoms with E-state index in [0.29, 0.717) is 5.41 Å². The van der Waals surface area contributed by atoms with Gasteiger partial charge >= 0.3 is 6.18 Å². The molecular weight excluding hydrogens is 441 g/mol. The molecule has 0 spiro atoms. The Bertz CT molecular complexity index is 691. The van der Waals surface area contributed by atoms with Crippen LogP contribution in [-0.4, -0.2) is 0 Å². The Morgan fingerprint density at radius 3 is 1.66 bits per heavy atom. The first-order chi connectivity index (χ1) is 16.9. The lowest BCUT2D eigenvalue weighted by atomic mass is 9.65. The van der Waals surface area contributed by atoms with Crippen molar-refractivity contribution in [1.82, 2.24) is 0 Å². The summed E-state index contributed by atoms with van der Waals surface area (Å²) in [6.45, 7) is 2.28. The highest BCUT2D eigenvalue weighted by Gasteiger charge is 2.36. The van der Waals surface area contributed by atoms with Gasteiger partial charge in [-0.3, -0.25) is 0 Å². The summed E-state index contributed by atoms with van der Waals surface area (Å²) >= 11 is 0. The van der Waals surface area contributed by atoms with E-state index in [2.05, 4.69) is 6.92 Å². The summed E-state index contributed by atoms with van der Waals surface area (Å²) in [6, 6.07) is 6.20. The van der Waals surface area contributed by atoms with E-state index < -0.39 is 11.7 Å². The fourth-order valence-electron chi connectivity index (χ4n) is 7.27. The molecule has 0 N–H and O–H groups in total. The van der Waals surface area contributed by atoms with Crippen LogP contribution < -0.4 is 0 Å². The standard InChI is InChI=1S/C32H51F3/c1-2-3-4-5-6-7-10-21-30(22-11-8-12-23-30)24-15-16-27-31(25-13-9-14-26-31)28-17-19-29(20-18-28)32(33,34)35/h17-20H,2-16,21-27H2,1H3. The second kappa shape index (κ2) is 14.1. The van der Waals surface area contributed by atoms with Crippen molar-refractivity contribution >= 4 is 0 Å². The molecule has 2 fully saturated rings. The van der Waals surface area contributed by atoms with Gasteiger partial charge in [-0.05, 0) is 73.5 Å². The molecule has 0 atom stereocenters. The van der Waals surface area contributed by atoms with Crippen molar-refractivity contribution in [3.63, 3.8) is 0 Å². The average Bonchev–Trinajstić information content (AvgIpc) is 2.87. The fourth-order valence-corrected chi connectivity index (χ4v) is 7.27. The van der Waals surface area contributed by atoms with Gasteiger partial charge in [0.2, 0.25) is 0 Å². The van der Waals surface area contributed by atoms with E-state index in [1.807, 2.05) is 0 Å². The number of alkyl halides is 3. The summed E-state index contributed by atoms with van der Waals surface area (Å²) in [5.41, 5.74) is 1.31. The van der Waals surface area contributed by atoms with Crippen molar-refractivity contribution in [3.8, 4) is 0 Å². The maximum atomic E-state index is 13.1. The Balaban J connectivity index is 1.52. The Hall–Kier alpha value is -0.990. The zero-order valence-corrected chi connectivity index (χ0v) is 22.5. The summed E-state index contributed by atoms with van der Waals surface area (Å²) in [6.07, 6.45) is 25.0. The molecule has 0 bridgehead atoms. The van der Waals surface area contributed by atoms with E-state index in [-0.39, 0.29) is 5.41 Å². The Morgan fingerprint density at radius 1 is 0.600 bits per heavy atom. The number of rotatable bonds is 14. The van der Waals surface area contributed by atoms with Gasteiger partial charge in [-0.25, -0.2) is 0 Å². The topological polar surface area (TPSA) is 0 Å². The van der Waals surface area contributed by atoms with E-state index in [1.54, 1.807) is 12.1 Å². The molecule has 2 saturated carbocycles. The molecule has 1 aromatic carbocycles. The quantitative estimate of drug-likeness (QED) is 0.226. The van der Waals surface area contributed by atoms with E-state index in [4.69, 9.17) is 0 Å². The van der Waals surface area contributed by atoms with E-state index in [9.17, 15) is 13.2 Å². The Morgan fingerprint density at radius 2 is 1.09 bits per heavy atom. The molecule has 3 rings (SSSR count). The van der Waals surface area contributed by atoms with Gasteiger partial charge in [-0.15, -0.1) is 0 Å². The van der Waals surface area contributed by atoms with Crippen LogP contribution in [0.5, 0.6) is 0 Å². The van der Waals surface area contributed by atoms with Crippen molar-refractivity contribution in [3.05, 3.63) is 35.4 Å². The Kier molecular flexibility index (Phi) is 11.5. The van der Waals surface area contributed by atoms with Crippen molar-refractivity contribution in [1.29, 1.82) is 0 Å². The van der Waals surface area contributed by atoms with Crippen LogP contribution in [0.1, 0.15) is 159 Å². The first kappa shape index (κ1) is 28.6. The van der Waals surface area contributed by atoms with E-state index >= 15 is 0 Å². The van der Waals surface area contributed by atoms with Crippen molar-refractivity contribution in [2.24, 2.45) is 5.41 Å². The number of hydrogen-bond acceptors (Lipinski definition) is 0. The van der Waals surface area contributed by atoms with Gasteiger partial charge in [0.05, 0.1) is 5.56 Å². The molecule has 0 heterocycles. The van der Waals surface area contributed by atoms with Crippen LogP contribution in [0.2, 0.25) is 0 Å². The molecule has 200 valence electrons. The normalized spacial score (nSPS) is 20.1. The minimum Gasteiger partial charge on any atom is -0.166 e. The smallest absolute Gasteiger partial charge is 0.166 e. The minimum absolute atomic E-state index is 0.0978. The zero-order chi connectivity index (χ0) is 25.0. The van der Waals surface area contributed by atoms with Crippen LogP contribution in [0, 0.1) is 5.41 Å². The van der Waals surface area contributed by atoms with Gasteiger partial charge < -0.3 is 0 Å². The lowest BCUT2D eigenvalue weighted by molar-refractivity contribution is -0.137. The predicted molar refractivity (Wildman–Crippen MR) is 143 cm³/mol. The zero-order valence-electron chi connectivity index (χ0n) is 22.5. The van der Waals surface area contributed by atoms with E-state index in [0.717, 1.165) is 24.8 Å². The number of unbranched alkanes of at least 4 members (excludes halogenated alkanes) is 7. The third kappa shape index (κ3) is 8.81. The molecule has 0 saturated heterocycles. The van der Waals surface area contributed by atoms with Crippen molar-refractivity contribution < 1.29 is 13.2 Å². The molecule has 3 heteroatoms. The van der Waals surface area contributed by atoms with Gasteiger partial charge in [0.1, 0.15) is 0 Å². The van der Waals surface area contributed by atoms with Gasteiger partial charge in [-0.2, -0.15) is 13.2 Å². The van der Waals surface area contributed by atoms with Crippen LogP contribution in [-0.2, 0) is 11.6 Å². The van der Waals surface area contributed by atoms with Gasteiger partial charge in [0, 0.05) is 0 Å². The van der Waals surface area contributed by atoms with Crippen LogP contribution in [0.15, 0.2) is 24.3 Å². The average molecular weight is 493 g/mol. The molecule has 35 heavy (non-hydrogen) atoms. The molecule has 0 aromatic heterocycles. The highest BCUT2D eigenvalue weighted by atomic mass is 19.4. The highest BCUT2D eigenvalue weighted by molar-refractivity contribution is 5.31. The summed E-state index contributed by atoms with van der Waals surface area (Å²) in [7, 11) is 0. The van der Waals surface area contributed by atoms with Crippen molar-refractivity contribution in [2.45, 2.75) is 160 Å². The van der Waals surface area contributed by atoms with Gasteiger partial charge in [0.15, 0.2) is 0 Å². The maximum absolute atomic E-state index is 13.1. The third-order valence-electron chi connectivity index (χ3n) is 9.47. The molecule has 0 unspecified atom stereocenters. The summed E-state index contributed by atoms with van der Waals surface area (Å²) in [5, 5.41) is 0. The summed E-state index contributed by atoms with van der Waals surface area (Å²) in [4.78, 5) is 0. The Labute approximate surface area is 213 Å². The number of halogens is 3. The second-order valence-corrected chi connectivity index (χ2v) is 12.1. The number of benzene rings is 1. The van der Waals surface area contributed by atoms with Crippen molar-refractivity contribution in [2.75, 3.05) is 0 Å². The largest absolute Gasteiger partial charge is 0.416 e. The fraction of sp³-hybridized carbons (Fsp3) is 0.812.